The number of esters is 1. The molecule has 2 aromatic rings. The highest BCUT2D eigenvalue weighted by atomic mass is 79.9. The maximum Gasteiger partial charge on any atom is 0.338 e. The third-order valence-electron chi connectivity index (χ3n) is 3.59. The molecular weight excluding hydrogens is 356 g/mol. The molecule has 4 nitrogen and oxygen atoms in total. The molecule has 1 aliphatic heterocycles. The van der Waals surface area contributed by atoms with Gasteiger partial charge in [0, 0.05) is 16.6 Å². The Balaban J connectivity index is 1.40. The van der Waals surface area contributed by atoms with Crippen molar-refractivity contribution in [2.24, 2.45) is 4.99 Å². The van der Waals surface area contributed by atoms with Gasteiger partial charge in [-0.25, -0.2) is 4.79 Å². The smallest absolute Gasteiger partial charge is 0.338 e. The Morgan fingerprint density at radius 2 is 2.09 bits per heavy atom. The van der Waals surface area contributed by atoms with Crippen molar-refractivity contribution in [1.29, 1.82) is 0 Å². The van der Waals surface area contributed by atoms with Crippen molar-refractivity contribution in [3.63, 3.8) is 0 Å². The van der Waals surface area contributed by atoms with Crippen LogP contribution in [0.25, 0.3) is 0 Å². The number of amidine groups is 1. The Hall–Kier alpha value is -2.14. The summed E-state index contributed by atoms with van der Waals surface area (Å²) in [5.41, 5.74) is 2.97. The van der Waals surface area contributed by atoms with E-state index in [0.717, 1.165) is 29.8 Å². The SMILES string of the molecule is O=C(OCCCNC1=NCc2ccccc21)c1cccc(Br)c1. The predicted octanol–water partition coefficient (Wildman–Crippen LogP) is 3.55. The van der Waals surface area contributed by atoms with Gasteiger partial charge in [-0.1, -0.05) is 46.3 Å². The Labute approximate surface area is 143 Å². The summed E-state index contributed by atoms with van der Waals surface area (Å²) in [6.45, 7) is 1.84. The van der Waals surface area contributed by atoms with Crippen LogP contribution in [0.2, 0.25) is 0 Å². The molecule has 0 fully saturated rings. The molecule has 0 bridgehead atoms. The summed E-state index contributed by atoms with van der Waals surface area (Å²) in [5.74, 6) is 0.633. The lowest BCUT2D eigenvalue weighted by atomic mass is 10.1. The number of benzene rings is 2. The zero-order valence-corrected chi connectivity index (χ0v) is 14.2. The van der Waals surface area contributed by atoms with Gasteiger partial charge >= 0.3 is 5.97 Å². The Morgan fingerprint density at radius 1 is 1.22 bits per heavy atom. The largest absolute Gasteiger partial charge is 0.462 e. The molecule has 2 aromatic carbocycles. The number of hydrogen-bond donors (Lipinski definition) is 1. The van der Waals surface area contributed by atoms with Crippen molar-refractivity contribution in [3.8, 4) is 0 Å². The molecule has 0 aromatic heterocycles. The average molecular weight is 373 g/mol. The molecule has 0 spiro atoms. The van der Waals surface area contributed by atoms with Crippen molar-refractivity contribution in [2.45, 2.75) is 13.0 Å². The highest BCUT2D eigenvalue weighted by molar-refractivity contribution is 9.10. The summed E-state index contributed by atoms with van der Waals surface area (Å²) < 4.78 is 6.14. The number of rotatable bonds is 5. The van der Waals surface area contributed by atoms with E-state index in [9.17, 15) is 4.79 Å². The summed E-state index contributed by atoms with van der Waals surface area (Å²) in [5, 5.41) is 3.31. The number of fused-ring (bicyclic) bond motifs is 1. The monoisotopic (exact) mass is 372 g/mol. The topological polar surface area (TPSA) is 50.7 Å². The molecular formula is C18H17BrN2O2. The molecule has 23 heavy (non-hydrogen) atoms. The lowest BCUT2D eigenvalue weighted by Crippen LogP contribution is -2.25. The first-order valence-corrected chi connectivity index (χ1v) is 8.32. The lowest BCUT2D eigenvalue weighted by molar-refractivity contribution is 0.0502. The number of nitrogens with one attached hydrogen (secondary N) is 1. The highest BCUT2D eigenvalue weighted by Gasteiger charge is 2.14. The number of hydrogen-bond acceptors (Lipinski definition) is 4. The van der Waals surface area contributed by atoms with E-state index in [1.165, 1.54) is 11.1 Å². The third-order valence-corrected chi connectivity index (χ3v) is 4.08. The zero-order chi connectivity index (χ0) is 16.1. The molecule has 1 aliphatic rings. The van der Waals surface area contributed by atoms with E-state index in [4.69, 9.17) is 4.74 Å². The fraction of sp³-hybridized carbons (Fsp3) is 0.222. The minimum atomic E-state index is -0.296. The number of carbonyl (C=O) groups excluding carboxylic acids is 1. The second-order valence-electron chi connectivity index (χ2n) is 5.25. The third kappa shape index (κ3) is 3.99. The Morgan fingerprint density at radius 3 is 2.96 bits per heavy atom. The number of halogens is 1. The fourth-order valence-electron chi connectivity index (χ4n) is 2.43. The normalized spacial score (nSPS) is 12.5. The molecule has 1 heterocycles. The van der Waals surface area contributed by atoms with E-state index in [1.807, 2.05) is 24.3 Å². The summed E-state index contributed by atoms with van der Waals surface area (Å²) >= 11 is 3.34. The van der Waals surface area contributed by atoms with Crippen molar-refractivity contribution in [3.05, 3.63) is 69.7 Å². The van der Waals surface area contributed by atoms with Gasteiger partial charge in [0.1, 0.15) is 5.84 Å². The van der Waals surface area contributed by atoms with Crippen molar-refractivity contribution in [2.75, 3.05) is 13.2 Å². The number of carbonyl (C=O) groups is 1. The molecule has 0 amide bonds. The maximum absolute atomic E-state index is 11.9. The van der Waals surface area contributed by atoms with Crippen molar-refractivity contribution in [1.82, 2.24) is 5.32 Å². The molecule has 0 unspecified atom stereocenters. The minimum Gasteiger partial charge on any atom is -0.462 e. The van der Waals surface area contributed by atoms with Gasteiger partial charge in [-0.2, -0.15) is 0 Å². The standard InChI is InChI=1S/C18H17BrN2O2/c19-15-7-3-6-13(11-15)18(22)23-10-4-9-20-17-16-8-2-1-5-14(16)12-21-17/h1-3,5-8,11H,4,9-10,12H2,(H,20,21). The lowest BCUT2D eigenvalue weighted by Gasteiger charge is -2.08. The van der Waals surface area contributed by atoms with Crippen LogP contribution in [0.3, 0.4) is 0 Å². The first-order valence-electron chi connectivity index (χ1n) is 7.53. The van der Waals surface area contributed by atoms with Gasteiger partial charge in [0.15, 0.2) is 0 Å². The van der Waals surface area contributed by atoms with Gasteiger partial charge < -0.3 is 10.1 Å². The molecule has 0 radical (unpaired) electrons. The van der Waals surface area contributed by atoms with Gasteiger partial charge in [0.05, 0.1) is 18.7 Å². The van der Waals surface area contributed by atoms with Gasteiger partial charge in [0.2, 0.25) is 0 Å². The second-order valence-corrected chi connectivity index (χ2v) is 6.16. The van der Waals surface area contributed by atoms with Crippen LogP contribution < -0.4 is 5.32 Å². The summed E-state index contributed by atoms with van der Waals surface area (Å²) in [6.07, 6.45) is 0.737. The first kappa shape index (κ1) is 15.7. The van der Waals surface area contributed by atoms with Crippen LogP contribution in [-0.2, 0) is 11.3 Å². The number of nitrogens with zero attached hydrogens (tertiary/aromatic N) is 1. The van der Waals surface area contributed by atoms with Crippen molar-refractivity contribution < 1.29 is 9.53 Å². The molecule has 0 saturated carbocycles. The van der Waals surface area contributed by atoms with E-state index in [-0.39, 0.29) is 5.97 Å². The van der Waals surface area contributed by atoms with Crippen LogP contribution in [0.4, 0.5) is 0 Å². The van der Waals surface area contributed by atoms with Gasteiger partial charge in [-0.3, -0.25) is 4.99 Å². The summed E-state index contributed by atoms with van der Waals surface area (Å²) in [7, 11) is 0. The molecule has 3 rings (SSSR count). The van der Waals surface area contributed by atoms with E-state index in [0.29, 0.717) is 12.2 Å². The van der Waals surface area contributed by atoms with Gasteiger partial charge in [0.25, 0.3) is 0 Å². The second kappa shape index (κ2) is 7.42. The van der Waals surface area contributed by atoms with Crippen LogP contribution in [0, 0.1) is 0 Å². The zero-order valence-electron chi connectivity index (χ0n) is 12.6. The predicted molar refractivity (Wildman–Crippen MR) is 93.7 cm³/mol. The molecule has 118 valence electrons. The maximum atomic E-state index is 11.9. The summed E-state index contributed by atoms with van der Waals surface area (Å²) in [4.78, 5) is 16.4. The van der Waals surface area contributed by atoms with E-state index in [1.54, 1.807) is 12.1 Å². The van der Waals surface area contributed by atoms with E-state index >= 15 is 0 Å². The fourth-order valence-corrected chi connectivity index (χ4v) is 2.83. The van der Waals surface area contributed by atoms with Crippen LogP contribution in [0.15, 0.2) is 58.0 Å². The van der Waals surface area contributed by atoms with Crippen LogP contribution in [0.1, 0.15) is 27.9 Å². The molecule has 0 saturated heterocycles. The number of ether oxygens (including phenoxy) is 1. The first-order chi connectivity index (χ1) is 11.2. The van der Waals surface area contributed by atoms with Crippen LogP contribution in [0.5, 0.6) is 0 Å². The van der Waals surface area contributed by atoms with Crippen molar-refractivity contribution >= 4 is 27.7 Å². The Kier molecular flexibility index (Phi) is 5.08. The average Bonchev–Trinajstić information content (AvgIpc) is 2.98. The molecule has 1 N–H and O–H groups in total. The summed E-state index contributed by atoms with van der Waals surface area (Å²) in [6, 6.07) is 15.4. The van der Waals surface area contributed by atoms with Crippen LogP contribution in [-0.4, -0.2) is 25.0 Å². The molecule has 0 aliphatic carbocycles. The minimum absolute atomic E-state index is 0.296. The van der Waals surface area contributed by atoms with Gasteiger partial charge in [-0.15, -0.1) is 0 Å². The molecule has 5 heteroatoms. The number of aliphatic imine (C=N–C) groups is 1. The van der Waals surface area contributed by atoms with Crippen LogP contribution >= 0.6 is 15.9 Å². The van der Waals surface area contributed by atoms with E-state index in [2.05, 4.69) is 38.4 Å². The highest BCUT2D eigenvalue weighted by Crippen LogP contribution is 2.16. The quantitative estimate of drug-likeness (QED) is 0.644. The Bertz CT molecular complexity index is 743. The molecule has 0 atom stereocenters. The van der Waals surface area contributed by atoms with Gasteiger partial charge in [-0.05, 0) is 30.2 Å². The van der Waals surface area contributed by atoms with E-state index < -0.39 is 0 Å².